The highest BCUT2D eigenvalue weighted by Gasteiger charge is 2.07. The van der Waals surface area contributed by atoms with Gasteiger partial charge in [0, 0.05) is 6.54 Å². The van der Waals surface area contributed by atoms with E-state index in [0.717, 1.165) is 29.8 Å². The Morgan fingerprint density at radius 1 is 0.947 bits per heavy atom. The van der Waals surface area contributed by atoms with E-state index in [2.05, 4.69) is 37.4 Å². The maximum atomic E-state index is 13.5. The first-order valence-corrected chi connectivity index (χ1v) is 6.68. The van der Waals surface area contributed by atoms with E-state index in [9.17, 15) is 4.39 Å². The summed E-state index contributed by atoms with van der Waals surface area (Å²) in [6.07, 6.45) is 0. The Morgan fingerprint density at radius 2 is 1.58 bits per heavy atom. The van der Waals surface area contributed by atoms with Gasteiger partial charge in [0.05, 0.1) is 0 Å². The van der Waals surface area contributed by atoms with E-state index in [1.807, 2.05) is 13.0 Å². The molecule has 0 aliphatic heterocycles. The second-order valence-corrected chi connectivity index (χ2v) is 4.89. The lowest BCUT2D eigenvalue weighted by Crippen LogP contribution is -2.11. The minimum absolute atomic E-state index is 0.183. The summed E-state index contributed by atoms with van der Waals surface area (Å²) in [6.45, 7) is 7.97. The van der Waals surface area contributed by atoms with Crippen molar-refractivity contribution in [2.24, 2.45) is 0 Å². The Labute approximate surface area is 114 Å². The monoisotopic (exact) mass is 257 g/mol. The summed E-state index contributed by atoms with van der Waals surface area (Å²) < 4.78 is 13.5. The molecule has 0 atom stereocenters. The van der Waals surface area contributed by atoms with E-state index in [-0.39, 0.29) is 5.82 Å². The molecule has 2 rings (SSSR count). The second kappa shape index (κ2) is 5.98. The van der Waals surface area contributed by atoms with Crippen molar-refractivity contribution in [2.75, 3.05) is 6.54 Å². The second-order valence-electron chi connectivity index (χ2n) is 4.89. The molecular formula is C17H20FN. The minimum Gasteiger partial charge on any atom is -0.313 e. The Bertz CT molecular complexity index is 575. The molecule has 100 valence electrons. The highest BCUT2D eigenvalue weighted by molar-refractivity contribution is 5.71. The normalized spacial score (nSPS) is 10.7. The molecule has 0 saturated carbocycles. The van der Waals surface area contributed by atoms with E-state index in [1.165, 1.54) is 17.2 Å². The van der Waals surface area contributed by atoms with E-state index in [0.29, 0.717) is 0 Å². The van der Waals surface area contributed by atoms with E-state index < -0.39 is 0 Å². The van der Waals surface area contributed by atoms with Gasteiger partial charge in [-0.1, -0.05) is 25.1 Å². The van der Waals surface area contributed by atoms with Gasteiger partial charge >= 0.3 is 0 Å². The summed E-state index contributed by atoms with van der Waals surface area (Å²) in [5.74, 6) is -0.183. The smallest absolute Gasteiger partial charge is 0.123 e. The van der Waals surface area contributed by atoms with Crippen LogP contribution in [-0.4, -0.2) is 6.54 Å². The molecule has 0 heterocycles. The van der Waals surface area contributed by atoms with Gasteiger partial charge in [0.15, 0.2) is 0 Å². The summed E-state index contributed by atoms with van der Waals surface area (Å²) in [5.41, 5.74) is 5.61. The van der Waals surface area contributed by atoms with Crippen LogP contribution in [0.3, 0.4) is 0 Å². The van der Waals surface area contributed by atoms with Crippen LogP contribution in [0, 0.1) is 19.7 Å². The lowest BCUT2D eigenvalue weighted by atomic mass is 9.95. The van der Waals surface area contributed by atoms with Crippen molar-refractivity contribution in [3.63, 3.8) is 0 Å². The zero-order valence-electron chi connectivity index (χ0n) is 11.8. The molecule has 1 N–H and O–H groups in total. The number of nitrogens with one attached hydrogen (secondary N) is 1. The molecule has 0 unspecified atom stereocenters. The number of benzene rings is 2. The largest absolute Gasteiger partial charge is 0.313 e. The fraction of sp³-hybridized carbons (Fsp3) is 0.294. The van der Waals surface area contributed by atoms with E-state index in [4.69, 9.17) is 0 Å². The van der Waals surface area contributed by atoms with Crippen LogP contribution in [0.5, 0.6) is 0 Å². The van der Waals surface area contributed by atoms with E-state index in [1.54, 1.807) is 6.07 Å². The summed E-state index contributed by atoms with van der Waals surface area (Å²) in [5, 5.41) is 3.31. The van der Waals surface area contributed by atoms with Gasteiger partial charge < -0.3 is 5.32 Å². The van der Waals surface area contributed by atoms with Crippen LogP contribution in [0.2, 0.25) is 0 Å². The van der Waals surface area contributed by atoms with Gasteiger partial charge in [-0.2, -0.15) is 0 Å². The molecule has 2 aromatic carbocycles. The molecule has 0 saturated heterocycles. The molecule has 0 aromatic heterocycles. The van der Waals surface area contributed by atoms with Crippen LogP contribution in [0.1, 0.15) is 23.6 Å². The third-order valence-electron chi connectivity index (χ3n) is 3.37. The summed E-state index contributed by atoms with van der Waals surface area (Å²) in [7, 11) is 0. The van der Waals surface area contributed by atoms with Gasteiger partial charge in [-0.05, 0) is 66.4 Å². The Hall–Kier alpha value is -1.67. The first-order valence-electron chi connectivity index (χ1n) is 6.68. The fourth-order valence-corrected chi connectivity index (χ4v) is 2.22. The predicted octanol–water partition coefficient (Wildman–Crippen LogP) is 4.22. The molecule has 0 spiro atoms. The molecule has 1 nitrogen and oxygen atoms in total. The quantitative estimate of drug-likeness (QED) is 0.864. The third kappa shape index (κ3) is 3.21. The molecule has 0 amide bonds. The lowest BCUT2D eigenvalue weighted by molar-refractivity contribution is 0.628. The predicted molar refractivity (Wildman–Crippen MR) is 78.7 cm³/mol. The first-order chi connectivity index (χ1) is 9.11. The zero-order valence-corrected chi connectivity index (χ0v) is 11.8. The molecule has 0 bridgehead atoms. The van der Waals surface area contributed by atoms with Gasteiger partial charge in [-0.15, -0.1) is 0 Å². The van der Waals surface area contributed by atoms with Crippen molar-refractivity contribution in [1.29, 1.82) is 0 Å². The summed E-state index contributed by atoms with van der Waals surface area (Å²) in [4.78, 5) is 0. The molecule has 2 heteroatoms. The first kappa shape index (κ1) is 13.8. The van der Waals surface area contributed by atoms with Crippen LogP contribution >= 0.6 is 0 Å². The van der Waals surface area contributed by atoms with E-state index >= 15 is 0 Å². The van der Waals surface area contributed by atoms with Gasteiger partial charge in [-0.25, -0.2) is 4.39 Å². The molecule has 0 fully saturated rings. The number of hydrogen-bond donors (Lipinski definition) is 1. The van der Waals surface area contributed by atoms with Gasteiger partial charge in [0.25, 0.3) is 0 Å². The molecule has 19 heavy (non-hydrogen) atoms. The Kier molecular flexibility index (Phi) is 4.33. The molecule has 0 aliphatic rings. The van der Waals surface area contributed by atoms with Gasteiger partial charge in [-0.3, -0.25) is 0 Å². The van der Waals surface area contributed by atoms with Crippen molar-refractivity contribution in [3.05, 3.63) is 58.9 Å². The average Bonchev–Trinajstić information content (AvgIpc) is 2.41. The highest BCUT2D eigenvalue weighted by atomic mass is 19.1. The van der Waals surface area contributed by atoms with Gasteiger partial charge in [0.1, 0.15) is 5.82 Å². The third-order valence-corrected chi connectivity index (χ3v) is 3.37. The fourth-order valence-electron chi connectivity index (χ4n) is 2.22. The Morgan fingerprint density at radius 3 is 2.26 bits per heavy atom. The lowest BCUT2D eigenvalue weighted by Gasteiger charge is -2.12. The number of halogens is 1. The van der Waals surface area contributed by atoms with Crippen LogP contribution in [0.4, 0.5) is 4.39 Å². The summed E-state index contributed by atoms with van der Waals surface area (Å²) in [6, 6.07) is 11.3. The minimum atomic E-state index is -0.183. The molecular weight excluding hydrogens is 237 g/mol. The highest BCUT2D eigenvalue weighted by Crippen LogP contribution is 2.28. The van der Waals surface area contributed by atoms with Crippen molar-refractivity contribution >= 4 is 0 Å². The van der Waals surface area contributed by atoms with Crippen molar-refractivity contribution in [3.8, 4) is 11.1 Å². The summed E-state index contributed by atoms with van der Waals surface area (Å²) >= 11 is 0. The van der Waals surface area contributed by atoms with Crippen LogP contribution in [-0.2, 0) is 6.54 Å². The van der Waals surface area contributed by atoms with Crippen LogP contribution in [0.15, 0.2) is 36.4 Å². The topological polar surface area (TPSA) is 12.0 Å². The van der Waals surface area contributed by atoms with Crippen molar-refractivity contribution in [1.82, 2.24) is 5.32 Å². The van der Waals surface area contributed by atoms with Gasteiger partial charge in [0.2, 0.25) is 0 Å². The maximum absolute atomic E-state index is 13.5. The van der Waals surface area contributed by atoms with Crippen LogP contribution < -0.4 is 5.32 Å². The zero-order chi connectivity index (χ0) is 13.8. The molecule has 2 aromatic rings. The van der Waals surface area contributed by atoms with Crippen LogP contribution in [0.25, 0.3) is 11.1 Å². The SMILES string of the molecule is CCNCc1ccc(C)c(-c2cc(F)ccc2C)c1. The number of aryl methyl sites for hydroxylation is 2. The molecule has 0 radical (unpaired) electrons. The van der Waals surface area contributed by atoms with Crippen molar-refractivity contribution in [2.45, 2.75) is 27.3 Å². The molecule has 0 aliphatic carbocycles. The Balaban J connectivity index is 2.45. The average molecular weight is 257 g/mol. The van der Waals surface area contributed by atoms with Crippen molar-refractivity contribution < 1.29 is 4.39 Å². The number of hydrogen-bond acceptors (Lipinski definition) is 1. The maximum Gasteiger partial charge on any atom is 0.123 e. The standard InChI is InChI=1S/C17H20FN/c1-4-19-11-14-7-5-12(2)16(9-14)17-10-15(18)8-6-13(17)3/h5-10,19H,4,11H2,1-3H3. The number of rotatable bonds is 4.